The van der Waals surface area contributed by atoms with Crippen LogP contribution in [-0.2, 0) is 0 Å². The molecule has 150 valence electrons. The summed E-state index contributed by atoms with van der Waals surface area (Å²) in [6.07, 6.45) is 3.66. The second kappa shape index (κ2) is 8.37. The topological polar surface area (TPSA) is 31.2 Å². The quantitative estimate of drug-likeness (QED) is 0.327. The van der Waals surface area contributed by atoms with E-state index in [1.165, 1.54) is 32.9 Å². The molecule has 4 rings (SSSR count). The van der Waals surface area contributed by atoms with Gasteiger partial charge in [-0.25, -0.2) is 0 Å². The summed E-state index contributed by atoms with van der Waals surface area (Å²) in [7, 11) is 8.24. The van der Waals surface area contributed by atoms with Gasteiger partial charge in [0, 0.05) is 61.5 Å². The molecule has 4 aromatic carbocycles. The molecule has 0 heterocycles. The molecule has 0 N–H and O–H groups in total. The van der Waals surface area contributed by atoms with Gasteiger partial charge in [0.15, 0.2) is 0 Å². The molecule has 0 saturated carbocycles. The molecule has 0 aliphatic carbocycles. The Labute approximate surface area is 177 Å². The molecule has 30 heavy (non-hydrogen) atoms. The standard InChI is InChI=1S/C26H26N4/c1-29(2)25-15-13-19(21-9-5-7-11-23(21)25)17-27-28-18-20-14-16-26(30(3)4)24-12-8-6-10-22(20)24/h5-18H,1-4H3/b27-17+,28-18+. The van der Waals surface area contributed by atoms with Gasteiger partial charge in [0.25, 0.3) is 0 Å². The lowest BCUT2D eigenvalue weighted by Crippen LogP contribution is -2.09. The van der Waals surface area contributed by atoms with Crippen LogP contribution in [0.25, 0.3) is 21.5 Å². The van der Waals surface area contributed by atoms with Gasteiger partial charge in [0.05, 0.1) is 12.4 Å². The summed E-state index contributed by atoms with van der Waals surface area (Å²) < 4.78 is 0. The first kappa shape index (κ1) is 19.6. The minimum Gasteiger partial charge on any atom is -0.377 e. The van der Waals surface area contributed by atoms with Crippen LogP contribution in [0.5, 0.6) is 0 Å². The molecule has 0 saturated heterocycles. The number of anilines is 2. The van der Waals surface area contributed by atoms with E-state index >= 15 is 0 Å². The van der Waals surface area contributed by atoms with E-state index in [0.29, 0.717) is 0 Å². The lowest BCUT2D eigenvalue weighted by Gasteiger charge is -2.16. The zero-order valence-electron chi connectivity index (χ0n) is 17.9. The van der Waals surface area contributed by atoms with E-state index in [1.807, 2.05) is 12.4 Å². The summed E-state index contributed by atoms with van der Waals surface area (Å²) in [4.78, 5) is 4.26. The van der Waals surface area contributed by atoms with Crippen molar-refractivity contribution in [2.45, 2.75) is 0 Å². The molecule has 0 atom stereocenters. The summed E-state index contributed by atoms with van der Waals surface area (Å²) in [6, 6.07) is 25.2. The third-order valence-electron chi connectivity index (χ3n) is 5.29. The largest absolute Gasteiger partial charge is 0.377 e. The molecular formula is C26H26N4. The van der Waals surface area contributed by atoms with Crippen LogP contribution in [-0.4, -0.2) is 40.6 Å². The van der Waals surface area contributed by atoms with Crippen molar-refractivity contribution in [2.75, 3.05) is 38.0 Å². The Morgan fingerprint density at radius 3 is 1.23 bits per heavy atom. The van der Waals surface area contributed by atoms with Crippen molar-refractivity contribution in [1.29, 1.82) is 0 Å². The highest BCUT2D eigenvalue weighted by atomic mass is 15.2. The number of nitrogens with zero attached hydrogens (tertiary/aromatic N) is 4. The minimum absolute atomic E-state index is 1.06. The van der Waals surface area contributed by atoms with Gasteiger partial charge in [0.1, 0.15) is 0 Å². The number of hydrogen-bond donors (Lipinski definition) is 0. The molecule has 0 fully saturated rings. The highest BCUT2D eigenvalue weighted by molar-refractivity contribution is 6.06. The SMILES string of the molecule is CN(C)c1ccc(/C=N/N=C/c2ccc(N(C)C)c3ccccc23)c2ccccc12. The van der Waals surface area contributed by atoms with Crippen molar-refractivity contribution >= 4 is 45.3 Å². The Kier molecular flexibility index (Phi) is 5.48. The van der Waals surface area contributed by atoms with Crippen LogP contribution >= 0.6 is 0 Å². The Bertz CT molecular complexity index is 1150. The van der Waals surface area contributed by atoms with Gasteiger partial charge in [-0.15, -0.1) is 0 Å². The van der Waals surface area contributed by atoms with Gasteiger partial charge >= 0.3 is 0 Å². The van der Waals surface area contributed by atoms with Gasteiger partial charge in [0.2, 0.25) is 0 Å². The summed E-state index contributed by atoms with van der Waals surface area (Å²) in [5, 5.41) is 13.5. The zero-order chi connectivity index (χ0) is 21.1. The molecule has 0 aliphatic heterocycles. The van der Waals surface area contributed by atoms with E-state index in [0.717, 1.165) is 11.1 Å². The third kappa shape index (κ3) is 3.77. The Morgan fingerprint density at radius 2 is 0.867 bits per heavy atom. The summed E-state index contributed by atoms with van der Waals surface area (Å²) >= 11 is 0. The molecular weight excluding hydrogens is 368 g/mol. The minimum atomic E-state index is 1.06. The first-order valence-electron chi connectivity index (χ1n) is 10.0. The van der Waals surface area contributed by atoms with E-state index in [2.05, 4.69) is 121 Å². The van der Waals surface area contributed by atoms with Crippen LogP contribution in [0.4, 0.5) is 11.4 Å². The summed E-state index contributed by atoms with van der Waals surface area (Å²) in [5.74, 6) is 0. The van der Waals surface area contributed by atoms with Crippen molar-refractivity contribution in [3.63, 3.8) is 0 Å². The van der Waals surface area contributed by atoms with Crippen molar-refractivity contribution < 1.29 is 0 Å². The van der Waals surface area contributed by atoms with E-state index in [4.69, 9.17) is 0 Å². The number of benzene rings is 4. The summed E-state index contributed by atoms with van der Waals surface area (Å²) in [6.45, 7) is 0. The Hall–Kier alpha value is -3.66. The molecule has 4 aromatic rings. The number of fused-ring (bicyclic) bond motifs is 2. The van der Waals surface area contributed by atoms with Crippen LogP contribution in [0, 0.1) is 0 Å². The van der Waals surface area contributed by atoms with E-state index in [9.17, 15) is 0 Å². The fourth-order valence-electron chi connectivity index (χ4n) is 3.81. The van der Waals surface area contributed by atoms with Crippen LogP contribution in [0.1, 0.15) is 11.1 Å². The van der Waals surface area contributed by atoms with E-state index in [-0.39, 0.29) is 0 Å². The first-order valence-corrected chi connectivity index (χ1v) is 10.0. The van der Waals surface area contributed by atoms with Crippen molar-refractivity contribution in [1.82, 2.24) is 0 Å². The monoisotopic (exact) mass is 394 g/mol. The molecule has 0 spiro atoms. The third-order valence-corrected chi connectivity index (χ3v) is 5.29. The zero-order valence-corrected chi connectivity index (χ0v) is 17.9. The van der Waals surface area contributed by atoms with Gasteiger partial charge in [-0.3, -0.25) is 0 Å². The molecule has 4 nitrogen and oxygen atoms in total. The summed E-state index contributed by atoms with van der Waals surface area (Å²) in [5.41, 5.74) is 4.50. The Balaban J connectivity index is 1.66. The highest BCUT2D eigenvalue weighted by Crippen LogP contribution is 2.29. The predicted octanol–water partition coefficient (Wildman–Crippen LogP) is 5.58. The maximum Gasteiger partial charge on any atom is 0.0574 e. The van der Waals surface area contributed by atoms with Crippen LogP contribution in [0.3, 0.4) is 0 Å². The van der Waals surface area contributed by atoms with Gasteiger partial charge in [-0.1, -0.05) is 60.7 Å². The normalized spacial score (nSPS) is 11.7. The van der Waals surface area contributed by atoms with E-state index in [1.54, 1.807) is 0 Å². The molecule has 0 radical (unpaired) electrons. The maximum absolute atomic E-state index is 4.35. The van der Waals surface area contributed by atoms with Crippen molar-refractivity contribution in [3.05, 3.63) is 83.9 Å². The first-order chi connectivity index (χ1) is 14.6. The van der Waals surface area contributed by atoms with Gasteiger partial charge in [-0.05, 0) is 22.9 Å². The molecule has 0 aromatic heterocycles. The van der Waals surface area contributed by atoms with Gasteiger partial charge in [-0.2, -0.15) is 10.2 Å². The fourth-order valence-corrected chi connectivity index (χ4v) is 3.81. The van der Waals surface area contributed by atoms with E-state index < -0.39 is 0 Å². The molecule has 0 unspecified atom stereocenters. The fraction of sp³-hybridized carbons (Fsp3) is 0.154. The maximum atomic E-state index is 4.35. The Morgan fingerprint density at radius 1 is 0.500 bits per heavy atom. The number of hydrogen-bond acceptors (Lipinski definition) is 4. The molecule has 0 aliphatic rings. The average Bonchev–Trinajstić information content (AvgIpc) is 2.76. The van der Waals surface area contributed by atoms with Gasteiger partial charge < -0.3 is 9.80 Å². The predicted molar refractivity (Wildman–Crippen MR) is 132 cm³/mol. The van der Waals surface area contributed by atoms with Crippen molar-refractivity contribution in [3.8, 4) is 0 Å². The second-order valence-electron chi connectivity index (χ2n) is 7.72. The molecule has 4 heteroatoms. The smallest absolute Gasteiger partial charge is 0.0574 e. The molecule has 0 bridgehead atoms. The average molecular weight is 395 g/mol. The lowest BCUT2D eigenvalue weighted by atomic mass is 10.0. The van der Waals surface area contributed by atoms with Crippen LogP contribution in [0.2, 0.25) is 0 Å². The van der Waals surface area contributed by atoms with Crippen LogP contribution < -0.4 is 9.80 Å². The highest BCUT2D eigenvalue weighted by Gasteiger charge is 2.07. The number of rotatable bonds is 5. The second-order valence-corrected chi connectivity index (χ2v) is 7.72. The van der Waals surface area contributed by atoms with Crippen LogP contribution in [0.15, 0.2) is 83.0 Å². The lowest BCUT2D eigenvalue weighted by molar-refractivity contribution is 1.14. The van der Waals surface area contributed by atoms with Crippen molar-refractivity contribution in [2.24, 2.45) is 10.2 Å². The molecule has 0 amide bonds.